The Morgan fingerprint density at radius 2 is 1.82 bits per heavy atom. The Labute approximate surface area is 324 Å². The summed E-state index contributed by atoms with van der Waals surface area (Å²) in [5.74, 6) is -1.32. The van der Waals surface area contributed by atoms with Gasteiger partial charge in [0.25, 0.3) is 5.91 Å². The number of benzene rings is 2. The van der Waals surface area contributed by atoms with Crippen molar-refractivity contribution < 1.29 is 36.7 Å². The molecule has 0 radical (unpaired) electrons. The normalized spacial score (nSPS) is 23.5. The zero-order valence-corrected chi connectivity index (χ0v) is 31.4. The summed E-state index contributed by atoms with van der Waals surface area (Å²) in [6, 6.07) is 8.83. The van der Waals surface area contributed by atoms with Gasteiger partial charge in [-0.3, -0.25) is 38.5 Å². The number of nitrogens with zero attached hydrogens (tertiary/aromatic N) is 6. The van der Waals surface area contributed by atoms with Crippen LogP contribution in [0.3, 0.4) is 0 Å². The van der Waals surface area contributed by atoms with Crippen LogP contribution in [0.2, 0.25) is 0 Å². The number of imidazole rings is 1. The monoisotopic (exact) mass is 790 g/mol. The lowest BCUT2D eigenvalue weighted by atomic mass is 9.83. The first kappa shape index (κ1) is 38.3. The Hall–Kier alpha value is -5.58. The summed E-state index contributed by atoms with van der Waals surface area (Å²) < 4.78 is 66.0. The Morgan fingerprint density at radius 3 is 2.54 bits per heavy atom. The number of rotatable bonds is 8. The molecule has 0 spiro atoms. The number of amides is 3. The second-order valence-electron chi connectivity index (χ2n) is 15.4. The SMILES string of the molecule is COc1cc2nn(C3CCC(CN4CC[C@@H](c5cccc6c5n(C)c(=O)n6C5CCC(=O)NC5=O)[C@H](F)C4)CC3)cc2cc1C(=O)Nc1cncc(C(F)(F)F)c1. The summed E-state index contributed by atoms with van der Waals surface area (Å²) in [4.78, 5) is 56.8. The number of aromatic nitrogens is 5. The van der Waals surface area contributed by atoms with Gasteiger partial charge in [0.2, 0.25) is 11.8 Å². The number of hydrogen-bond acceptors (Lipinski definition) is 8. The topological polar surface area (TPSA) is 145 Å². The second-order valence-corrected chi connectivity index (χ2v) is 15.4. The fourth-order valence-corrected chi connectivity index (χ4v) is 8.91. The van der Waals surface area contributed by atoms with E-state index in [1.54, 1.807) is 31.3 Å². The number of hydrogen-bond donors (Lipinski definition) is 2. The van der Waals surface area contributed by atoms with Crippen LogP contribution < -0.4 is 21.1 Å². The lowest BCUT2D eigenvalue weighted by molar-refractivity contribution is -0.138. The van der Waals surface area contributed by atoms with E-state index in [2.05, 4.69) is 20.5 Å². The van der Waals surface area contributed by atoms with Crippen molar-refractivity contribution in [3.05, 3.63) is 82.2 Å². The quantitative estimate of drug-likeness (QED) is 0.146. The van der Waals surface area contributed by atoms with Crippen LogP contribution in [-0.2, 0) is 22.8 Å². The Bertz CT molecular complexity index is 2430. The number of piperidine rings is 2. The zero-order chi connectivity index (χ0) is 40.2. The Morgan fingerprint density at radius 1 is 1.04 bits per heavy atom. The van der Waals surface area contributed by atoms with Crippen molar-refractivity contribution in [1.29, 1.82) is 0 Å². The molecule has 2 saturated heterocycles. The van der Waals surface area contributed by atoms with Crippen molar-refractivity contribution in [3.63, 3.8) is 0 Å². The van der Waals surface area contributed by atoms with Gasteiger partial charge in [0.1, 0.15) is 18.0 Å². The molecule has 2 aromatic carbocycles. The van der Waals surface area contributed by atoms with E-state index in [0.717, 1.165) is 50.1 Å². The molecule has 2 N–H and O–H groups in total. The predicted octanol–water partition coefficient (Wildman–Crippen LogP) is 5.90. The first-order valence-electron chi connectivity index (χ1n) is 19.1. The number of imide groups is 1. The molecule has 8 rings (SSSR count). The first-order chi connectivity index (χ1) is 27.3. The first-order valence-corrected chi connectivity index (χ1v) is 19.1. The smallest absolute Gasteiger partial charge is 0.417 e. The average Bonchev–Trinajstić information content (AvgIpc) is 3.72. The Balaban J connectivity index is 0.895. The molecule has 5 heterocycles. The number of methoxy groups -OCH3 is 1. The van der Waals surface area contributed by atoms with Gasteiger partial charge in [0.05, 0.1) is 52.7 Å². The maximum atomic E-state index is 16.1. The molecule has 0 bridgehead atoms. The summed E-state index contributed by atoms with van der Waals surface area (Å²) in [6.07, 6.45) is 2.46. The Kier molecular flexibility index (Phi) is 10.1. The molecule has 5 aromatic rings. The molecule has 3 atom stereocenters. The number of fused-ring (bicyclic) bond motifs is 2. The average molecular weight is 791 g/mol. The lowest BCUT2D eigenvalue weighted by Crippen LogP contribution is -2.44. The van der Waals surface area contributed by atoms with Gasteiger partial charge < -0.3 is 15.0 Å². The van der Waals surface area contributed by atoms with Gasteiger partial charge in [0, 0.05) is 56.3 Å². The fourth-order valence-electron chi connectivity index (χ4n) is 8.91. The van der Waals surface area contributed by atoms with Crippen molar-refractivity contribution in [1.82, 2.24) is 34.1 Å². The number of nitrogens with one attached hydrogen (secondary N) is 2. The van der Waals surface area contributed by atoms with Gasteiger partial charge in [-0.2, -0.15) is 18.3 Å². The van der Waals surface area contributed by atoms with E-state index >= 15 is 4.39 Å². The lowest BCUT2D eigenvalue weighted by Gasteiger charge is -2.38. The predicted molar refractivity (Wildman–Crippen MR) is 202 cm³/mol. The van der Waals surface area contributed by atoms with Gasteiger partial charge in [-0.05, 0) is 74.8 Å². The molecular weight excluding hydrogens is 748 g/mol. The number of carbonyl (C=O) groups is 3. The van der Waals surface area contributed by atoms with Crippen molar-refractivity contribution in [3.8, 4) is 5.75 Å². The van der Waals surface area contributed by atoms with Gasteiger partial charge in [-0.25, -0.2) is 9.18 Å². The number of halogens is 4. The largest absolute Gasteiger partial charge is 0.496 e. The highest BCUT2D eigenvalue weighted by Crippen LogP contribution is 2.39. The molecule has 1 saturated carbocycles. The van der Waals surface area contributed by atoms with E-state index in [1.165, 1.54) is 16.2 Å². The van der Waals surface area contributed by atoms with Crippen LogP contribution in [0.1, 0.15) is 84.4 Å². The molecule has 300 valence electrons. The maximum absolute atomic E-state index is 16.1. The summed E-state index contributed by atoms with van der Waals surface area (Å²) in [7, 11) is 3.04. The molecule has 17 heteroatoms. The molecule has 2 aliphatic heterocycles. The molecule has 3 fully saturated rings. The summed E-state index contributed by atoms with van der Waals surface area (Å²) in [5.41, 5.74) is 1.23. The highest BCUT2D eigenvalue weighted by Gasteiger charge is 2.37. The molecular formula is C40H42F4N8O5. The van der Waals surface area contributed by atoms with Crippen LogP contribution in [0, 0.1) is 5.92 Å². The molecule has 1 aliphatic carbocycles. The van der Waals surface area contributed by atoms with Crippen molar-refractivity contribution in [2.24, 2.45) is 13.0 Å². The van der Waals surface area contributed by atoms with Gasteiger partial charge in [0.15, 0.2) is 0 Å². The number of likely N-dealkylation sites (tertiary alicyclic amines) is 1. The van der Waals surface area contributed by atoms with Gasteiger partial charge in [-0.1, -0.05) is 12.1 Å². The van der Waals surface area contributed by atoms with Crippen LogP contribution in [0.4, 0.5) is 23.2 Å². The number of ether oxygens (including phenoxy) is 1. The standard InChI is InChI=1S/C40H42F4N8O5/c1-49-36-28(4-3-5-32(36)52(39(49)56)33-10-11-35(53)47-38(33)55)27-12-13-50(21-30(27)41)19-22-6-8-26(9-7-22)51-20-23-14-29(34(57-2)16-31(23)48-51)37(54)46-25-15-24(17-45-18-25)40(42,43)44/h3-5,14-18,20,22,26-27,30,33H,6-13,19,21H2,1-2H3,(H,46,54)(H,47,53,55)/t22?,26?,27-,30+,33?/m0/s1. The van der Waals surface area contributed by atoms with E-state index in [9.17, 15) is 32.3 Å². The summed E-state index contributed by atoms with van der Waals surface area (Å²) in [6.45, 7) is 1.75. The number of anilines is 1. The van der Waals surface area contributed by atoms with Crippen LogP contribution >= 0.6 is 0 Å². The van der Waals surface area contributed by atoms with Crippen molar-refractivity contribution >= 4 is 45.3 Å². The second kappa shape index (κ2) is 15.1. The molecule has 13 nitrogen and oxygen atoms in total. The van der Waals surface area contributed by atoms with Crippen LogP contribution in [-0.4, -0.2) is 79.4 Å². The van der Waals surface area contributed by atoms with Crippen molar-refractivity contribution in [2.45, 2.75) is 75.3 Å². The minimum absolute atomic E-state index is 0.0965. The molecule has 3 aromatic heterocycles. The third-order valence-corrected chi connectivity index (χ3v) is 11.8. The number of alkyl halides is 4. The van der Waals surface area contributed by atoms with E-state index in [4.69, 9.17) is 9.84 Å². The van der Waals surface area contributed by atoms with Crippen LogP contribution in [0.5, 0.6) is 5.75 Å². The van der Waals surface area contributed by atoms with Gasteiger partial charge in [-0.15, -0.1) is 0 Å². The van der Waals surface area contributed by atoms with Crippen LogP contribution in [0.15, 0.2) is 59.8 Å². The molecule has 3 aliphatic rings. The van der Waals surface area contributed by atoms with E-state index in [-0.39, 0.29) is 54.0 Å². The molecule has 57 heavy (non-hydrogen) atoms. The summed E-state index contributed by atoms with van der Waals surface area (Å²) >= 11 is 0. The molecule has 3 amide bonds. The number of aryl methyl sites for hydroxylation is 1. The van der Waals surface area contributed by atoms with Crippen molar-refractivity contribution in [2.75, 3.05) is 32.1 Å². The van der Waals surface area contributed by atoms with E-state index in [0.29, 0.717) is 47.0 Å². The van der Waals surface area contributed by atoms with Gasteiger partial charge >= 0.3 is 11.9 Å². The van der Waals surface area contributed by atoms with E-state index in [1.807, 2.05) is 16.9 Å². The molecule has 1 unspecified atom stereocenters. The number of pyridine rings is 1. The van der Waals surface area contributed by atoms with Crippen LogP contribution in [0.25, 0.3) is 21.9 Å². The fraction of sp³-hybridized carbons (Fsp3) is 0.450. The highest BCUT2D eigenvalue weighted by molar-refractivity contribution is 6.08. The highest BCUT2D eigenvalue weighted by atomic mass is 19.4. The number of carbonyl (C=O) groups excluding carboxylic acids is 3. The minimum atomic E-state index is -4.61. The third-order valence-electron chi connectivity index (χ3n) is 11.8. The summed E-state index contributed by atoms with van der Waals surface area (Å²) in [5, 5.41) is 10.3. The minimum Gasteiger partial charge on any atom is -0.496 e. The van der Waals surface area contributed by atoms with E-state index < -0.39 is 41.7 Å². The number of para-hydroxylation sites is 1. The maximum Gasteiger partial charge on any atom is 0.417 e. The zero-order valence-electron chi connectivity index (χ0n) is 31.4. The third kappa shape index (κ3) is 7.40.